The number of fused-ring (bicyclic) bond motifs is 2. The summed E-state index contributed by atoms with van der Waals surface area (Å²) in [5.74, 6) is 1.36. The first kappa shape index (κ1) is 19.0. The lowest BCUT2D eigenvalue weighted by molar-refractivity contribution is -0.133. The molecule has 1 saturated carbocycles. The second-order valence-electron chi connectivity index (χ2n) is 8.55. The minimum Gasteiger partial charge on any atom is -0.353 e. The first-order chi connectivity index (χ1) is 13.6. The second-order valence-corrected chi connectivity index (χ2v) is 8.55. The number of benzene rings is 2. The summed E-state index contributed by atoms with van der Waals surface area (Å²) in [6, 6.07) is 14.7. The average Bonchev–Trinajstić information content (AvgIpc) is 2.68. The summed E-state index contributed by atoms with van der Waals surface area (Å²) < 4.78 is 0. The van der Waals surface area contributed by atoms with Crippen LogP contribution in [-0.2, 0) is 16.0 Å². The van der Waals surface area contributed by atoms with Crippen molar-refractivity contribution in [1.29, 1.82) is 0 Å². The topological polar surface area (TPSA) is 58.2 Å². The smallest absolute Gasteiger partial charge is 0.224 e. The van der Waals surface area contributed by atoms with E-state index in [1.165, 1.54) is 0 Å². The number of amides is 2. The Morgan fingerprint density at radius 3 is 2.75 bits per heavy atom. The SMILES string of the molecule is CCC1C(=O)NC2CC(NC(=O)Cc3cccc4ccccc34)CCC2C1C. The largest absolute Gasteiger partial charge is 0.353 e. The van der Waals surface area contributed by atoms with Gasteiger partial charge in [-0.1, -0.05) is 56.3 Å². The first-order valence-electron chi connectivity index (χ1n) is 10.6. The maximum absolute atomic E-state index is 12.7. The van der Waals surface area contributed by atoms with E-state index in [1.54, 1.807) is 0 Å². The summed E-state index contributed by atoms with van der Waals surface area (Å²) in [4.78, 5) is 25.1. The highest BCUT2D eigenvalue weighted by molar-refractivity contribution is 5.90. The summed E-state index contributed by atoms with van der Waals surface area (Å²) >= 11 is 0. The third-order valence-electron chi connectivity index (χ3n) is 6.91. The Bertz CT molecular complexity index is 873. The van der Waals surface area contributed by atoms with Gasteiger partial charge in [0.05, 0.1) is 6.42 Å². The van der Waals surface area contributed by atoms with Gasteiger partial charge in [-0.05, 0) is 53.9 Å². The summed E-state index contributed by atoms with van der Waals surface area (Å²) in [5, 5.41) is 8.77. The van der Waals surface area contributed by atoms with E-state index in [9.17, 15) is 9.59 Å². The fourth-order valence-electron chi connectivity index (χ4n) is 5.40. The van der Waals surface area contributed by atoms with E-state index in [0.29, 0.717) is 18.3 Å². The molecule has 0 radical (unpaired) electrons. The zero-order valence-corrected chi connectivity index (χ0v) is 16.8. The van der Waals surface area contributed by atoms with Gasteiger partial charge in [0, 0.05) is 18.0 Å². The van der Waals surface area contributed by atoms with Crippen molar-refractivity contribution in [3.8, 4) is 0 Å². The molecule has 4 rings (SSSR count). The Balaban J connectivity index is 1.39. The predicted octanol–water partition coefficient (Wildman–Crippen LogP) is 3.83. The summed E-state index contributed by atoms with van der Waals surface area (Å²) in [6.45, 7) is 4.32. The molecule has 2 fully saturated rings. The molecule has 1 aliphatic heterocycles. The summed E-state index contributed by atoms with van der Waals surface area (Å²) in [5.41, 5.74) is 1.06. The lowest BCUT2D eigenvalue weighted by atomic mass is 9.67. The molecule has 2 N–H and O–H groups in total. The summed E-state index contributed by atoms with van der Waals surface area (Å²) in [7, 11) is 0. The maximum atomic E-state index is 12.7. The molecule has 2 amide bonds. The second kappa shape index (κ2) is 7.94. The number of carbonyl (C=O) groups is 2. The van der Waals surface area contributed by atoms with Crippen LogP contribution in [0.15, 0.2) is 42.5 Å². The van der Waals surface area contributed by atoms with Gasteiger partial charge in [-0.15, -0.1) is 0 Å². The highest BCUT2D eigenvalue weighted by atomic mass is 16.2. The van der Waals surface area contributed by atoms with Crippen LogP contribution in [0.5, 0.6) is 0 Å². The van der Waals surface area contributed by atoms with E-state index < -0.39 is 0 Å². The first-order valence-corrected chi connectivity index (χ1v) is 10.6. The number of carbonyl (C=O) groups excluding carboxylic acids is 2. The molecule has 1 heterocycles. The Kier molecular flexibility index (Phi) is 5.38. The van der Waals surface area contributed by atoms with Crippen molar-refractivity contribution in [3.63, 3.8) is 0 Å². The summed E-state index contributed by atoms with van der Waals surface area (Å²) in [6.07, 6.45) is 4.22. The van der Waals surface area contributed by atoms with Crippen LogP contribution in [0.4, 0.5) is 0 Å². The maximum Gasteiger partial charge on any atom is 0.224 e. The van der Waals surface area contributed by atoms with Crippen molar-refractivity contribution >= 4 is 22.6 Å². The van der Waals surface area contributed by atoms with Crippen molar-refractivity contribution in [2.45, 2.75) is 58.0 Å². The van der Waals surface area contributed by atoms with Crippen molar-refractivity contribution in [3.05, 3.63) is 48.0 Å². The highest BCUT2D eigenvalue weighted by Crippen LogP contribution is 2.38. The fraction of sp³-hybridized carbons (Fsp3) is 0.500. The number of hydrogen-bond donors (Lipinski definition) is 2. The van der Waals surface area contributed by atoms with Gasteiger partial charge in [-0.3, -0.25) is 9.59 Å². The number of rotatable bonds is 4. The van der Waals surface area contributed by atoms with Gasteiger partial charge in [0.15, 0.2) is 0 Å². The predicted molar refractivity (Wildman–Crippen MR) is 112 cm³/mol. The van der Waals surface area contributed by atoms with E-state index >= 15 is 0 Å². The molecule has 2 aromatic carbocycles. The van der Waals surface area contributed by atoms with Gasteiger partial charge in [0.25, 0.3) is 0 Å². The third-order valence-corrected chi connectivity index (χ3v) is 6.91. The van der Waals surface area contributed by atoms with Crippen molar-refractivity contribution in [2.24, 2.45) is 17.8 Å². The molecular formula is C24H30N2O2. The van der Waals surface area contributed by atoms with Gasteiger partial charge in [0.1, 0.15) is 0 Å². The number of hydrogen-bond acceptors (Lipinski definition) is 2. The van der Waals surface area contributed by atoms with Gasteiger partial charge in [0.2, 0.25) is 11.8 Å². The van der Waals surface area contributed by atoms with Crippen molar-refractivity contribution in [2.75, 3.05) is 0 Å². The van der Waals surface area contributed by atoms with Gasteiger partial charge < -0.3 is 10.6 Å². The Morgan fingerprint density at radius 2 is 1.93 bits per heavy atom. The minimum absolute atomic E-state index is 0.0708. The third kappa shape index (κ3) is 3.65. The van der Waals surface area contributed by atoms with Crippen LogP contribution in [0.25, 0.3) is 10.8 Å². The molecule has 4 nitrogen and oxygen atoms in total. The van der Waals surface area contributed by atoms with Crippen LogP contribution in [0.3, 0.4) is 0 Å². The molecule has 1 saturated heterocycles. The monoisotopic (exact) mass is 378 g/mol. The molecule has 148 valence electrons. The van der Waals surface area contributed by atoms with Gasteiger partial charge >= 0.3 is 0 Å². The van der Waals surface area contributed by atoms with E-state index in [1.807, 2.05) is 24.3 Å². The number of nitrogens with one attached hydrogen (secondary N) is 2. The standard InChI is InChI=1S/C24H30N2O2/c1-3-19-15(2)20-12-11-18(14-22(20)26-24(19)28)25-23(27)13-17-9-6-8-16-7-4-5-10-21(16)17/h4-10,15,18-20,22H,3,11-14H2,1-2H3,(H,25,27)(H,26,28). The average molecular weight is 379 g/mol. The molecule has 0 aromatic heterocycles. The quantitative estimate of drug-likeness (QED) is 0.849. The van der Waals surface area contributed by atoms with Crippen LogP contribution in [0.2, 0.25) is 0 Å². The molecule has 5 unspecified atom stereocenters. The lowest BCUT2D eigenvalue weighted by Gasteiger charge is -2.46. The molecule has 0 spiro atoms. The van der Waals surface area contributed by atoms with Crippen LogP contribution in [0.1, 0.15) is 45.1 Å². The van der Waals surface area contributed by atoms with Gasteiger partial charge in [-0.25, -0.2) is 0 Å². The normalized spacial score (nSPS) is 29.8. The Morgan fingerprint density at radius 1 is 1.14 bits per heavy atom. The Labute approximate surface area is 167 Å². The van der Waals surface area contributed by atoms with Crippen LogP contribution < -0.4 is 10.6 Å². The molecule has 0 bridgehead atoms. The molecule has 2 aliphatic rings. The van der Waals surface area contributed by atoms with E-state index in [-0.39, 0.29) is 29.8 Å². The molecule has 4 heteroatoms. The van der Waals surface area contributed by atoms with E-state index in [4.69, 9.17) is 0 Å². The lowest BCUT2D eigenvalue weighted by Crippen LogP contribution is -2.58. The van der Waals surface area contributed by atoms with Crippen LogP contribution in [-0.4, -0.2) is 23.9 Å². The van der Waals surface area contributed by atoms with Crippen molar-refractivity contribution in [1.82, 2.24) is 10.6 Å². The highest BCUT2D eigenvalue weighted by Gasteiger charge is 2.43. The molecule has 2 aromatic rings. The van der Waals surface area contributed by atoms with Crippen LogP contribution in [0, 0.1) is 17.8 Å². The zero-order valence-electron chi connectivity index (χ0n) is 16.8. The molecule has 1 aliphatic carbocycles. The molecule has 28 heavy (non-hydrogen) atoms. The minimum atomic E-state index is 0.0708. The number of piperidine rings is 1. The Hall–Kier alpha value is -2.36. The van der Waals surface area contributed by atoms with E-state index in [0.717, 1.165) is 42.0 Å². The van der Waals surface area contributed by atoms with Crippen LogP contribution >= 0.6 is 0 Å². The van der Waals surface area contributed by atoms with E-state index in [2.05, 4.69) is 42.7 Å². The fourth-order valence-corrected chi connectivity index (χ4v) is 5.40. The van der Waals surface area contributed by atoms with Crippen molar-refractivity contribution < 1.29 is 9.59 Å². The molecule has 5 atom stereocenters. The molecular weight excluding hydrogens is 348 g/mol. The zero-order chi connectivity index (χ0) is 19.7. The van der Waals surface area contributed by atoms with Gasteiger partial charge in [-0.2, -0.15) is 0 Å².